The molecule has 0 saturated carbocycles. The molecule has 0 aliphatic rings. The summed E-state index contributed by atoms with van der Waals surface area (Å²) >= 11 is 0. The number of carbonyl (C=O) groups is 3. The van der Waals surface area contributed by atoms with E-state index in [4.69, 9.17) is 23.3 Å². The molecule has 3 unspecified atom stereocenters. The number of carbonyl (C=O) groups excluding carboxylic acids is 3. The van der Waals surface area contributed by atoms with Crippen LogP contribution >= 0.6 is 7.82 Å². The van der Waals surface area contributed by atoms with Crippen molar-refractivity contribution in [3.05, 3.63) is 48.6 Å². The first-order chi connectivity index (χ1) is 35.2. The Morgan fingerprint density at radius 2 is 0.708 bits per heavy atom. The zero-order valence-corrected chi connectivity index (χ0v) is 47.3. The number of hydrogen-bond donors (Lipinski definition) is 2. The quantitative estimate of drug-likeness (QED) is 0.0197. The Morgan fingerprint density at radius 1 is 0.389 bits per heavy atom. The van der Waals surface area contributed by atoms with Crippen molar-refractivity contribution >= 4 is 25.7 Å². The van der Waals surface area contributed by atoms with Gasteiger partial charge in [0.15, 0.2) is 6.10 Å². The van der Waals surface area contributed by atoms with E-state index < -0.39 is 57.8 Å². The Kier molecular flexibility index (Phi) is 52.7. The van der Waals surface area contributed by atoms with Crippen LogP contribution in [0.5, 0.6) is 0 Å². The van der Waals surface area contributed by atoms with Crippen molar-refractivity contribution in [1.29, 1.82) is 0 Å². The summed E-state index contributed by atoms with van der Waals surface area (Å²) in [7, 11) is -4.75. The van der Waals surface area contributed by atoms with Crippen LogP contribution in [0.1, 0.15) is 278 Å². The lowest BCUT2D eigenvalue weighted by Gasteiger charge is -2.21. The van der Waals surface area contributed by atoms with Crippen molar-refractivity contribution in [3.63, 3.8) is 0 Å². The molecule has 0 aliphatic heterocycles. The number of rotatable bonds is 55. The summed E-state index contributed by atoms with van der Waals surface area (Å²) in [4.78, 5) is 48.5. The van der Waals surface area contributed by atoms with Crippen LogP contribution in [0.2, 0.25) is 0 Å². The number of unbranched alkanes of at least 4 members (excludes halogenated alkanes) is 30. The fraction of sp³-hybridized carbons (Fsp3) is 0.817. The second kappa shape index (κ2) is 54.7. The highest BCUT2D eigenvalue weighted by molar-refractivity contribution is 7.47. The van der Waals surface area contributed by atoms with Gasteiger partial charge in [-0.15, -0.1) is 0 Å². The SMILES string of the molecule is CCC/C=C\C/C=C\CCCCCCCC(=O)OC(COC(=O)CCCCCCCCCCC/C=C\C/C=C\CCCCC)COP(=O)(O)OCC(CO)OC(=O)CCCCCCCCCCCCCCC. The summed E-state index contributed by atoms with van der Waals surface area (Å²) in [5.41, 5.74) is 0. The predicted molar refractivity (Wildman–Crippen MR) is 298 cm³/mol. The first-order valence-electron chi connectivity index (χ1n) is 29.5. The van der Waals surface area contributed by atoms with Crippen molar-refractivity contribution in [2.75, 3.05) is 26.4 Å². The molecule has 0 heterocycles. The summed E-state index contributed by atoms with van der Waals surface area (Å²) in [5, 5.41) is 9.81. The maximum absolute atomic E-state index is 12.9. The van der Waals surface area contributed by atoms with E-state index >= 15 is 0 Å². The highest BCUT2D eigenvalue weighted by atomic mass is 31.2. The minimum Gasteiger partial charge on any atom is -0.462 e. The van der Waals surface area contributed by atoms with Gasteiger partial charge in [-0.3, -0.25) is 23.4 Å². The molecule has 12 heteroatoms. The first-order valence-corrected chi connectivity index (χ1v) is 31.0. The largest absolute Gasteiger partial charge is 0.472 e. The van der Waals surface area contributed by atoms with E-state index in [-0.39, 0.29) is 25.9 Å². The fourth-order valence-corrected chi connectivity index (χ4v) is 8.97. The monoisotopic (exact) mass is 1040 g/mol. The van der Waals surface area contributed by atoms with E-state index in [1.54, 1.807) is 0 Å². The highest BCUT2D eigenvalue weighted by Gasteiger charge is 2.28. The van der Waals surface area contributed by atoms with E-state index in [0.717, 1.165) is 103 Å². The van der Waals surface area contributed by atoms with Crippen molar-refractivity contribution < 1.29 is 52.2 Å². The lowest BCUT2D eigenvalue weighted by atomic mass is 10.0. The number of phosphoric ester groups is 1. The Hall–Kier alpha value is -2.56. The average Bonchev–Trinajstić information content (AvgIpc) is 3.37. The smallest absolute Gasteiger partial charge is 0.462 e. The van der Waals surface area contributed by atoms with Crippen molar-refractivity contribution in [3.8, 4) is 0 Å². The molecular weight excluding hydrogens is 928 g/mol. The minimum atomic E-state index is -4.75. The van der Waals surface area contributed by atoms with Crippen LogP contribution in [0.15, 0.2) is 48.6 Å². The molecule has 3 atom stereocenters. The van der Waals surface area contributed by atoms with Crippen LogP contribution in [0.4, 0.5) is 0 Å². The Bertz CT molecular complexity index is 1400. The molecule has 0 saturated heterocycles. The van der Waals surface area contributed by atoms with Crippen LogP contribution in [0, 0.1) is 0 Å². The van der Waals surface area contributed by atoms with Crippen LogP contribution in [-0.2, 0) is 42.2 Å². The Morgan fingerprint density at radius 3 is 1.11 bits per heavy atom. The molecule has 420 valence electrons. The van der Waals surface area contributed by atoms with Gasteiger partial charge in [0.25, 0.3) is 0 Å². The third kappa shape index (κ3) is 52.3. The van der Waals surface area contributed by atoms with Gasteiger partial charge >= 0.3 is 25.7 Å². The molecule has 0 radical (unpaired) electrons. The normalized spacial score (nSPS) is 13.7. The van der Waals surface area contributed by atoms with Crippen LogP contribution < -0.4 is 0 Å². The summed E-state index contributed by atoms with van der Waals surface area (Å²) in [6, 6.07) is 0. The van der Waals surface area contributed by atoms with Crippen molar-refractivity contribution in [1.82, 2.24) is 0 Å². The standard InChI is InChI=1S/C60H109O11P/c1-4-7-10-13-16-19-22-25-26-27-28-29-30-33-34-37-40-43-46-49-58(62)67-53-57(71-60(64)51-48-45-42-39-36-32-24-21-18-15-12-9-6-3)55-69-72(65,66)68-54-56(52-61)70-59(63)50-47-44-41-38-35-31-23-20-17-14-11-8-5-2/h12,15-16,19,21,24-26,56-57,61H,4-11,13-14,17-18,20,22-23,27-55H2,1-3H3,(H,65,66)/b15-12-,19-16-,24-21-,26-25-. The molecule has 0 aromatic heterocycles. The lowest BCUT2D eigenvalue weighted by molar-refractivity contribution is -0.161. The predicted octanol–water partition coefficient (Wildman–Crippen LogP) is 17.4. The van der Waals surface area contributed by atoms with Gasteiger partial charge in [-0.1, -0.05) is 230 Å². The van der Waals surface area contributed by atoms with E-state index in [1.807, 2.05) is 0 Å². The number of hydrogen-bond acceptors (Lipinski definition) is 10. The average molecular weight is 1040 g/mol. The molecule has 0 rings (SSSR count). The molecule has 0 fully saturated rings. The van der Waals surface area contributed by atoms with E-state index in [0.29, 0.717) is 19.3 Å². The molecule has 0 spiro atoms. The van der Waals surface area contributed by atoms with Gasteiger partial charge < -0.3 is 24.2 Å². The number of esters is 3. The molecule has 72 heavy (non-hydrogen) atoms. The minimum absolute atomic E-state index is 0.152. The number of allylic oxidation sites excluding steroid dienone is 8. The summed E-state index contributed by atoms with van der Waals surface area (Å²) < 4.78 is 39.5. The molecule has 11 nitrogen and oxygen atoms in total. The lowest BCUT2D eigenvalue weighted by Crippen LogP contribution is -2.30. The van der Waals surface area contributed by atoms with Crippen molar-refractivity contribution in [2.24, 2.45) is 0 Å². The third-order valence-electron chi connectivity index (χ3n) is 12.7. The van der Waals surface area contributed by atoms with E-state index in [9.17, 15) is 28.9 Å². The van der Waals surface area contributed by atoms with Gasteiger partial charge in [-0.05, 0) is 77.0 Å². The van der Waals surface area contributed by atoms with Gasteiger partial charge in [0.05, 0.1) is 19.8 Å². The maximum Gasteiger partial charge on any atom is 0.472 e. The molecular formula is C60H109O11P. The maximum atomic E-state index is 12.9. The van der Waals surface area contributed by atoms with Gasteiger partial charge in [0.2, 0.25) is 0 Å². The van der Waals surface area contributed by atoms with Crippen LogP contribution in [-0.4, -0.2) is 66.5 Å². The second-order valence-corrected chi connectivity index (χ2v) is 21.3. The molecule has 2 N–H and O–H groups in total. The molecule has 0 bridgehead atoms. The summed E-state index contributed by atoms with van der Waals surface area (Å²) in [5.74, 6) is -1.47. The van der Waals surface area contributed by atoms with Crippen molar-refractivity contribution in [2.45, 2.75) is 290 Å². The summed E-state index contributed by atoms with van der Waals surface area (Å²) in [6.07, 6.45) is 57.8. The Balaban J connectivity index is 4.68. The third-order valence-corrected chi connectivity index (χ3v) is 13.7. The number of aliphatic hydroxyl groups excluding tert-OH is 1. The Labute approximate surface area is 441 Å². The summed E-state index contributed by atoms with van der Waals surface area (Å²) in [6.45, 7) is 4.56. The van der Waals surface area contributed by atoms with Crippen LogP contribution in [0.3, 0.4) is 0 Å². The number of aliphatic hydroxyl groups is 1. The van der Waals surface area contributed by atoms with E-state index in [2.05, 4.69) is 69.4 Å². The molecule has 0 aromatic rings. The first kappa shape index (κ1) is 69.4. The van der Waals surface area contributed by atoms with Crippen LogP contribution in [0.25, 0.3) is 0 Å². The van der Waals surface area contributed by atoms with Gasteiger partial charge in [0, 0.05) is 19.3 Å². The van der Waals surface area contributed by atoms with Gasteiger partial charge in [-0.2, -0.15) is 0 Å². The second-order valence-electron chi connectivity index (χ2n) is 19.8. The van der Waals surface area contributed by atoms with E-state index in [1.165, 1.54) is 116 Å². The highest BCUT2D eigenvalue weighted by Crippen LogP contribution is 2.43. The number of phosphoric acid groups is 1. The van der Waals surface area contributed by atoms with Gasteiger partial charge in [-0.25, -0.2) is 4.57 Å². The molecule has 0 amide bonds. The number of ether oxygens (including phenoxy) is 3. The fourth-order valence-electron chi connectivity index (χ4n) is 8.19. The zero-order chi connectivity index (χ0) is 52.7. The molecule has 0 aliphatic carbocycles. The zero-order valence-electron chi connectivity index (χ0n) is 46.4. The molecule has 0 aromatic carbocycles. The topological polar surface area (TPSA) is 155 Å². The van der Waals surface area contributed by atoms with Gasteiger partial charge in [0.1, 0.15) is 12.7 Å².